The molecule has 0 bridgehead atoms. The Labute approximate surface area is 185 Å². The Balaban J connectivity index is 1.60. The summed E-state index contributed by atoms with van der Waals surface area (Å²) >= 11 is 1.62. The molecule has 0 unspecified atom stereocenters. The van der Waals surface area contributed by atoms with Crippen molar-refractivity contribution in [1.82, 2.24) is 29.6 Å². The van der Waals surface area contributed by atoms with Crippen LogP contribution in [0.1, 0.15) is 41.5 Å². The van der Waals surface area contributed by atoms with Crippen LogP contribution in [-0.2, 0) is 6.42 Å². The number of aromatic nitrogens is 5. The van der Waals surface area contributed by atoms with Gasteiger partial charge in [-0.05, 0) is 35.6 Å². The van der Waals surface area contributed by atoms with E-state index in [9.17, 15) is 4.79 Å². The number of hydrogen-bond donors (Lipinski definition) is 0. The van der Waals surface area contributed by atoms with Crippen molar-refractivity contribution in [2.75, 3.05) is 13.6 Å². The summed E-state index contributed by atoms with van der Waals surface area (Å²) in [4.78, 5) is 29.4. The lowest BCUT2D eigenvalue weighted by molar-refractivity contribution is 0.0795. The van der Waals surface area contributed by atoms with E-state index in [2.05, 4.69) is 20.1 Å². The predicted molar refractivity (Wildman–Crippen MR) is 121 cm³/mol. The van der Waals surface area contributed by atoms with E-state index >= 15 is 0 Å². The predicted octanol–water partition coefficient (Wildman–Crippen LogP) is 4.22. The Hall–Kier alpha value is -3.39. The molecule has 0 spiro atoms. The topological polar surface area (TPSA) is 76.8 Å². The highest BCUT2D eigenvalue weighted by Gasteiger charge is 2.24. The molecule has 0 aliphatic heterocycles. The molecule has 0 aliphatic rings. The largest absolute Gasteiger partial charge is 0.341 e. The van der Waals surface area contributed by atoms with E-state index in [-0.39, 0.29) is 11.8 Å². The fourth-order valence-corrected chi connectivity index (χ4v) is 4.08. The minimum absolute atomic E-state index is 0.0691. The molecule has 4 aromatic heterocycles. The van der Waals surface area contributed by atoms with Gasteiger partial charge in [-0.25, -0.2) is 14.6 Å². The third-order valence-electron chi connectivity index (χ3n) is 4.97. The molecule has 0 fully saturated rings. The van der Waals surface area contributed by atoms with Crippen LogP contribution in [0.4, 0.5) is 0 Å². The highest BCUT2D eigenvalue weighted by atomic mass is 32.1. The summed E-state index contributed by atoms with van der Waals surface area (Å²) in [5, 5.41) is 6.50. The van der Waals surface area contributed by atoms with Gasteiger partial charge in [0.05, 0.1) is 28.0 Å². The summed E-state index contributed by atoms with van der Waals surface area (Å²) in [6.07, 6.45) is 5.81. The highest BCUT2D eigenvalue weighted by molar-refractivity contribution is 7.13. The van der Waals surface area contributed by atoms with E-state index in [1.807, 2.05) is 55.6 Å². The lowest BCUT2D eigenvalue weighted by atomic mass is 10.0. The number of hydrogen-bond acceptors (Lipinski definition) is 6. The molecule has 0 atom stereocenters. The molecule has 0 N–H and O–H groups in total. The molecule has 0 saturated carbocycles. The van der Waals surface area contributed by atoms with Crippen LogP contribution in [0, 0.1) is 0 Å². The van der Waals surface area contributed by atoms with E-state index in [0.29, 0.717) is 24.5 Å². The third kappa shape index (κ3) is 4.54. The van der Waals surface area contributed by atoms with Crippen LogP contribution in [-0.4, -0.2) is 49.1 Å². The van der Waals surface area contributed by atoms with Crippen LogP contribution in [0.3, 0.4) is 0 Å². The van der Waals surface area contributed by atoms with Gasteiger partial charge < -0.3 is 4.90 Å². The van der Waals surface area contributed by atoms with E-state index in [4.69, 9.17) is 0 Å². The smallest absolute Gasteiger partial charge is 0.257 e. The fraction of sp³-hybridized carbons (Fsp3) is 0.261. The number of thiophene rings is 1. The first-order valence-electron chi connectivity index (χ1n) is 10.1. The molecule has 158 valence electrons. The normalized spacial score (nSPS) is 11.1. The van der Waals surface area contributed by atoms with Crippen molar-refractivity contribution in [3.63, 3.8) is 0 Å². The molecule has 4 rings (SSSR count). The SMILES string of the molecule is CC(C)c1c(C(=O)N(C)CCc2ccccn2)cnn1-c1nccc(-c2cccs2)n1. The summed E-state index contributed by atoms with van der Waals surface area (Å²) in [5.41, 5.74) is 3.17. The number of carbonyl (C=O) groups is 1. The molecule has 31 heavy (non-hydrogen) atoms. The van der Waals surface area contributed by atoms with Crippen LogP contribution in [0.15, 0.2) is 60.4 Å². The van der Waals surface area contributed by atoms with Gasteiger partial charge in [0.25, 0.3) is 11.9 Å². The van der Waals surface area contributed by atoms with Gasteiger partial charge in [-0.1, -0.05) is 26.0 Å². The van der Waals surface area contributed by atoms with Gasteiger partial charge in [0.1, 0.15) is 0 Å². The van der Waals surface area contributed by atoms with Gasteiger partial charge >= 0.3 is 0 Å². The Kier molecular flexibility index (Phi) is 6.18. The zero-order valence-corrected chi connectivity index (χ0v) is 18.6. The molecule has 0 aromatic carbocycles. The molecule has 4 heterocycles. The second kappa shape index (κ2) is 9.18. The Bertz CT molecular complexity index is 1150. The Morgan fingerprint density at radius 1 is 1.13 bits per heavy atom. The van der Waals surface area contributed by atoms with Gasteiger partial charge in [-0.2, -0.15) is 5.10 Å². The van der Waals surface area contributed by atoms with Crippen LogP contribution in [0.5, 0.6) is 0 Å². The molecule has 0 aliphatic carbocycles. The van der Waals surface area contributed by atoms with Crippen LogP contribution < -0.4 is 0 Å². The number of nitrogens with zero attached hydrogens (tertiary/aromatic N) is 6. The van der Waals surface area contributed by atoms with Gasteiger partial charge in [0.2, 0.25) is 0 Å². The second-order valence-corrected chi connectivity index (χ2v) is 8.47. The van der Waals surface area contributed by atoms with Crippen molar-refractivity contribution in [3.8, 4) is 16.5 Å². The van der Waals surface area contributed by atoms with Crippen LogP contribution in [0.25, 0.3) is 16.5 Å². The summed E-state index contributed by atoms with van der Waals surface area (Å²) in [7, 11) is 1.81. The molecule has 0 saturated heterocycles. The van der Waals surface area contributed by atoms with E-state index < -0.39 is 0 Å². The molecule has 7 nitrogen and oxygen atoms in total. The van der Waals surface area contributed by atoms with E-state index in [0.717, 1.165) is 22.0 Å². The number of carbonyl (C=O) groups excluding carboxylic acids is 1. The highest BCUT2D eigenvalue weighted by Crippen LogP contribution is 2.26. The first kappa shape index (κ1) is 20.9. The number of likely N-dealkylation sites (N-methyl/N-ethyl adjacent to an activating group) is 1. The van der Waals surface area contributed by atoms with Crippen molar-refractivity contribution in [1.29, 1.82) is 0 Å². The summed E-state index contributed by atoms with van der Waals surface area (Å²) in [5.74, 6) is 0.463. The summed E-state index contributed by atoms with van der Waals surface area (Å²) < 4.78 is 1.68. The zero-order chi connectivity index (χ0) is 21.8. The summed E-state index contributed by atoms with van der Waals surface area (Å²) in [6.45, 7) is 4.66. The first-order chi connectivity index (χ1) is 15.0. The quantitative estimate of drug-likeness (QED) is 0.437. The monoisotopic (exact) mass is 432 g/mol. The number of pyridine rings is 1. The van der Waals surface area contributed by atoms with Crippen molar-refractivity contribution < 1.29 is 4.79 Å². The second-order valence-electron chi connectivity index (χ2n) is 7.53. The average Bonchev–Trinajstić information content (AvgIpc) is 3.48. The molecular weight excluding hydrogens is 408 g/mol. The zero-order valence-electron chi connectivity index (χ0n) is 17.8. The number of rotatable bonds is 7. The maximum Gasteiger partial charge on any atom is 0.257 e. The average molecular weight is 433 g/mol. The van der Waals surface area contributed by atoms with Gasteiger partial charge in [-0.3, -0.25) is 9.78 Å². The maximum atomic E-state index is 13.2. The van der Waals surface area contributed by atoms with E-state index in [1.165, 1.54) is 0 Å². The lowest BCUT2D eigenvalue weighted by Gasteiger charge is -2.18. The molecular formula is C23H24N6OS. The molecule has 8 heteroatoms. The van der Waals surface area contributed by atoms with Crippen LogP contribution in [0.2, 0.25) is 0 Å². The minimum Gasteiger partial charge on any atom is -0.341 e. The minimum atomic E-state index is -0.0692. The lowest BCUT2D eigenvalue weighted by Crippen LogP contribution is -2.30. The van der Waals surface area contributed by atoms with Crippen LogP contribution >= 0.6 is 11.3 Å². The molecule has 0 radical (unpaired) electrons. The van der Waals surface area contributed by atoms with Gasteiger partial charge in [0, 0.05) is 38.1 Å². The molecule has 4 aromatic rings. The third-order valence-corrected chi connectivity index (χ3v) is 5.86. The fourth-order valence-electron chi connectivity index (χ4n) is 3.39. The van der Waals surface area contributed by atoms with Gasteiger partial charge in [0.15, 0.2) is 0 Å². The van der Waals surface area contributed by atoms with Crippen molar-refractivity contribution >= 4 is 17.2 Å². The summed E-state index contributed by atoms with van der Waals surface area (Å²) in [6, 6.07) is 11.7. The van der Waals surface area contributed by atoms with Crippen molar-refractivity contribution in [2.45, 2.75) is 26.2 Å². The van der Waals surface area contributed by atoms with Crippen molar-refractivity contribution in [2.24, 2.45) is 0 Å². The number of amides is 1. The Morgan fingerprint density at radius 2 is 2.00 bits per heavy atom. The maximum absolute atomic E-state index is 13.2. The standard InChI is InChI=1S/C23H24N6OS/c1-16(2)21-18(22(30)28(3)13-10-17-7-4-5-11-24-17)15-26-29(21)23-25-12-9-19(27-23)20-8-6-14-31-20/h4-9,11-12,14-16H,10,13H2,1-3H3. The Morgan fingerprint density at radius 3 is 2.71 bits per heavy atom. The van der Waals surface area contributed by atoms with Gasteiger partial charge in [-0.15, -0.1) is 11.3 Å². The molecule has 1 amide bonds. The first-order valence-corrected chi connectivity index (χ1v) is 11.0. The van der Waals surface area contributed by atoms with E-state index in [1.54, 1.807) is 46.6 Å². The van der Waals surface area contributed by atoms with Crippen molar-refractivity contribution in [3.05, 3.63) is 77.3 Å².